The van der Waals surface area contributed by atoms with Crippen molar-refractivity contribution in [1.29, 1.82) is 0 Å². The molecule has 0 bridgehead atoms. The van der Waals surface area contributed by atoms with Gasteiger partial charge >= 0.3 is 5.97 Å². The second-order valence-corrected chi connectivity index (χ2v) is 4.84. The van der Waals surface area contributed by atoms with Crippen LogP contribution in [-0.2, 0) is 9.53 Å². The van der Waals surface area contributed by atoms with Crippen LogP contribution < -0.4 is 4.90 Å². The summed E-state index contributed by atoms with van der Waals surface area (Å²) in [6.45, 7) is 2.54. The molecule has 0 aromatic carbocycles. The van der Waals surface area contributed by atoms with Gasteiger partial charge in [0.05, 0.1) is 12.3 Å². The number of rotatable bonds is 3. The Labute approximate surface area is 110 Å². The van der Waals surface area contributed by atoms with E-state index in [1.807, 2.05) is 0 Å². The van der Waals surface area contributed by atoms with E-state index in [4.69, 9.17) is 11.2 Å². The highest BCUT2D eigenvalue weighted by Crippen LogP contribution is 2.31. The second-order valence-electron chi connectivity index (χ2n) is 3.93. The Morgan fingerprint density at radius 1 is 1.72 bits per heavy atom. The standard InChI is InChI=1S/C13H13NO3S/c1-3-9-7-11(15)14(8-9)10-5-6-18-12(10)13(16)17-4-2/h1,5-6,9H,4,7-8H2,2H3. The third kappa shape index (κ3) is 2.24. The van der Waals surface area contributed by atoms with Crippen molar-refractivity contribution in [2.24, 2.45) is 5.92 Å². The van der Waals surface area contributed by atoms with Crippen LogP contribution in [0.1, 0.15) is 23.0 Å². The molecule has 1 aliphatic rings. The van der Waals surface area contributed by atoms with Crippen LogP contribution in [0.4, 0.5) is 5.69 Å². The summed E-state index contributed by atoms with van der Waals surface area (Å²) in [5, 5.41) is 1.78. The molecule has 2 rings (SSSR count). The summed E-state index contributed by atoms with van der Waals surface area (Å²) in [6, 6.07) is 1.76. The number of nitrogens with zero attached hydrogens (tertiary/aromatic N) is 1. The first-order chi connectivity index (χ1) is 8.67. The molecular weight excluding hydrogens is 250 g/mol. The van der Waals surface area contributed by atoms with Gasteiger partial charge in [0.15, 0.2) is 0 Å². The third-order valence-electron chi connectivity index (χ3n) is 2.76. The number of esters is 1. The Bertz CT molecular complexity index is 515. The van der Waals surface area contributed by atoms with Crippen molar-refractivity contribution in [3.8, 4) is 12.3 Å². The Kier molecular flexibility index (Phi) is 3.68. The molecule has 1 amide bonds. The van der Waals surface area contributed by atoms with Crippen LogP contribution in [0.2, 0.25) is 0 Å². The molecule has 94 valence electrons. The van der Waals surface area contributed by atoms with E-state index >= 15 is 0 Å². The number of carbonyl (C=O) groups is 2. The number of ether oxygens (including phenoxy) is 1. The van der Waals surface area contributed by atoms with Crippen LogP contribution in [0.3, 0.4) is 0 Å². The molecule has 0 N–H and O–H groups in total. The van der Waals surface area contributed by atoms with Crippen LogP contribution in [0.5, 0.6) is 0 Å². The van der Waals surface area contributed by atoms with Gasteiger partial charge < -0.3 is 9.64 Å². The van der Waals surface area contributed by atoms with Crippen LogP contribution in [-0.4, -0.2) is 25.0 Å². The zero-order chi connectivity index (χ0) is 13.1. The van der Waals surface area contributed by atoms with Crippen molar-refractivity contribution >= 4 is 28.9 Å². The van der Waals surface area contributed by atoms with Crippen molar-refractivity contribution in [3.05, 3.63) is 16.3 Å². The first kappa shape index (κ1) is 12.7. The highest BCUT2D eigenvalue weighted by atomic mass is 32.1. The second kappa shape index (κ2) is 5.23. The number of anilines is 1. The Morgan fingerprint density at radius 3 is 3.11 bits per heavy atom. The SMILES string of the molecule is C#CC1CC(=O)N(c2ccsc2C(=O)OCC)C1. The lowest BCUT2D eigenvalue weighted by atomic mass is 10.1. The van der Waals surface area contributed by atoms with E-state index in [1.165, 1.54) is 11.3 Å². The minimum absolute atomic E-state index is 0.0399. The molecule has 1 unspecified atom stereocenters. The zero-order valence-corrected chi connectivity index (χ0v) is 10.8. The van der Waals surface area contributed by atoms with Gasteiger partial charge in [-0.05, 0) is 18.4 Å². The average Bonchev–Trinajstić information content (AvgIpc) is 2.94. The normalized spacial score (nSPS) is 18.8. The number of terminal acetylenes is 1. The summed E-state index contributed by atoms with van der Waals surface area (Å²) < 4.78 is 4.97. The van der Waals surface area contributed by atoms with E-state index in [-0.39, 0.29) is 17.8 Å². The molecule has 1 saturated heterocycles. The molecule has 0 aliphatic carbocycles. The quantitative estimate of drug-likeness (QED) is 0.618. The molecule has 18 heavy (non-hydrogen) atoms. The smallest absolute Gasteiger partial charge is 0.350 e. The highest BCUT2D eigenvalue weighted by molar-refractivity contribution is 7.12. The van der Waals surface area contributed by atoms with E-state index < -0.39 is 0 Å². The van der Waals surface area contributed by atoms with E-state index in [9.17, 15) is 9.59 Å². The van der Waals surface area contributed by atoms with E-state index in [1.54, 1.807) is 23.3 Å². The van der Waals surface area contributed by atoms with Crippen LogP contribution >= 0.6 is 11.3 Å². The number of hydrogen-bond acceptors (Lipinski definition) is 4. The molecule has 0 radical (unpaired) electrons. The fourth-order valence-electron chi connectivity index (χ4n) is 1.92. The third-order valence-corrected chi connectivity index (χ3v) is 3.64. The number of thiophene rings is 1. The Hall–Kier alpha value is -1.80. The van der Waals surface area contributed by atoms with Gasteiger partial charge in [-0.2, -0.15) is 0 Å². The lowest BCUT2D eigenvalue weighted by Crippen LogP contribution is -2.25. The predicted octanol–water partition coefficient (Wildman–Crippen LogP) is 1.91. The van der Waals surface area contributed by atoms with Crippen LogP contribution in [0, 0.1) is 18.3 Å². The highest BCUT2D eigenvalue weighted by Gasteiger charge is 2.32. The molecule has 0 saturated carbocycles. The Balaban J connectivity index is 2.25. The van der Waals surface area contributed by atoms with E-state index in [2.05, 4.69) is 5.92 Å². The zero-order valence-electron chi connectivity index (χ0n) is 10.0. The summed E-state index contributed by atoms with van der Waals surface area (Å²) in [5.74, 6) is 2.08. The summed E-state index contributed by atoms with van der Waals surface area (Å²) in [4.78, 5) is 25.6. The lowest BCUT2D eigenvalue weighted by molar-refractivity contribution is -0.117. The number of carbonyl (C=O) groups excluding carboxylic acids is 2. The largest absolute Gasteiger partial charge is 0.462 e. The molecule has 2 heterocycles. The average molecular weight is 263 g/mol. The molecule has 1 aromatic rings. The predicted molar refractivity (Wildman–Crippen MR) is 69.6 cm³/mol. The first-order valence-electron chi connectivity index (χ1n) is 5.68. The maximum Gasteiger partial charge on any atom is 0.350 e. The molecule has 1 aromatic heterocycles. The summed E-state index contributed by atoms with van der Waals surface area (Å²) in [7, 11) is 0. The fraction of sp³-hybridized carbons (Fsp3) is 0.385. The minimum atomic E-state index is -0.389. The fourth-order valence-corrected chi connectivity index (χ4v) is 2.70. The summed E-state index contributed by atoms with van der Waals surface area (Å²) in [6.07, 6.45) is 5.68. The lowest BCUT2D eigenvalue weighted by Gasteiger charge is -2.15. The molecular formula is C13H13NO3S. The van der Waals surface area contributed by atoms with Gasteiger partial charge in [0, 0.05) is 18.9 Å². The van der Waals surface area contributed by atoms with Gasteiger partial charge in [-0.25, -0.2) is 4.79 Å². The van der Waals surface area contributed by atoms with Gasteiger partial charge in [-0.15, -0.1) is 23.7 Å². The maximum atomic E-state index is 11.9. The van der Waals surface area contributed by atoms with Crippen LogP contribution in [0.15, 0.2) is 11.4 Å². The number of hydrogen-bond donors (Lipinski definition) is 0. The van der Waals surface area contributed by atoms with Crippen LogP contribution in [0.25, 0.3) is 0 Å². The van der Waals surface area contributed by atoms with Gasteiger partial charge in [0.25, 0.3) is 0 Å². The number of amides is 1. The first-order valence-corrected chi connectivity index (χ1v) is 6.56. The van der Waals surface area contributed by atoms with Gasteiger partial charge in [0.2, 0.25) is 5.91 Å². The van der Waals surface area contributed by atoms with Crippen molar-refractivity contribution in [2.45, 2.75) is 13.3 Å². The molecule has 5 heteroatoms. The van der Waals surface area contributed by atoms with Crippen molar-refractivity contribution in [3.63, 3.8) is 0 Å². The maximum absolute atomic E-state index is 11.9. The molecule has 1 fully saturated rings. The Morgan fingerprint density at radius 2 is 2.50 bits per heavy atom. The van der Waals surface area contributed by atoms with E-state index in [0.717, 1.165) is 0 Å². The molecule has 4 nitrogen and oxygen atoms in total. The molecule has 1 aliphatic heterocycles. The van der Waals surface area contributed by atoms with Crippen molar-refractivity contribution in [2.75, 3.05) is 18.1 Å². The van der Waals surface area contributed by atoms with E-state index in [0.29, 0.717) is 30.1 Å². The molecule has 0 spiro atoms. The van der Waals surface area contributed by atoms with Gasteiger partial charge in [0.1, 0.15) is 4.88 Å². The summed E-state index contributed by atoms with van der Waals surface area (Å²) >= 11 is 1.28. The molecule has 1 atom stereocenters. The van der Waals surface area contributed by atoms with Gasteiger partial charge in [-0.3, -0.25) is 4.79 Å². The summed E-state index contributed by atoms with van der Waals surface area (Å²) in [5.41, 5.74) is 0.612. The van der Waals surface area contributed by atoms with Gasteiger partial charge in [-0.1, -0.05) is 0 Å². The minimum Gasteiger partial charge on any atom is -0.462 e. The monoisotopic (exact) mass is 263 g/mol. The van der Waals surface area contributed by atoms with Crippen molar-refractivity contribution < 1.29 is 14.3 Å². The van der Waals surface area contributed by atoms with Crippen molar-refractivity contribution in [1.82, 2.24) is 0 Å². The topological polar surface area (TPSA) is 46.6 Å².